The Balaban J connectivity index is 1.38. The maximum atomic E-state index is 13.2. The number of alkyl halides is 3. The van der Waals surface area contributed by atoms with Crippen LogP contribution in [-0.4, -0.2) is 40.2 Å². The second-order valence-electron chi connectivity index (χ2n) is 8.89. The van der Waals surface area contributed by atoms with E-state index in [4.69, 9.17) is 15.2 Å². The van der Waals surface area contributed by atoms with E-state index in [1.807, 2.05) is 24.6 Å². The Hall–Kier alpha value is -2.13. The van der Waals surface area contributed by atoms with Crippen LogP contribution in [0.3, 0.4) is 0 Å². The zero-order chi connectivity index (χ0) is 21.2. The summed E-state index contributed by atoms with van der Waals surface area (Å²) in [7, 11) is 0. The molecule has 1 saturated heterocycles. The predicted molar refractivity (Wildman–Crippen MR) is 104 cm³/mol. The molecule has 2 aromatic rings. The van der Waals surface area contributed by atoms with Crippen LogP contribution < -0.4 is 5.73 Å². The van der Waals surface area contributed by atoms with Gasteiger partial charge in [0, 0.05) is 29.4 Å². The van der Waals surface area contributed by atoms with Gasteiger partial charge in [0.15, 0.2) is 0 Å². The van der Waals surface area contributed by atoms with Crippen molar-refractivity contribution >= 4 is 5.82 Å². The molecule has 6 nitrogen and oxygen atoms in total. The van der Waals surface area contributed by atoms with E-state index in [1.54, 1.807) is 0 Å². The molecular weight excluding hydrogens is 397 g/mol. The van der Waals surface area contributed by atoms with E-state index in [0.717, 1.165) is 24.6 Å². The number of rotatable bonds is 5. The van der Waals surface area contributed by atoms with Gasteiger partial charge < -0.3 is 15.2 Å². The number of anilines is 1. The summed E-state index contributed by atoms with van der Waals surface area (Å²) in [6.07, 6.45) is -0.627. The maximum Gasteiger partial charge on any atom is 0.419 e. The van der Waals surface area contributed by atoms with E-state index in [1.165, 1.54) is 6.20 Å². The molecule has 9 heteroatoms. The van der Waals surface area contributed by atoms with Gasteiger partial charge in [0.2, 0.25) is 0 Å². The number of fused-ring (bicyclic) bond motifs is 1. The summed E-state index contributed by atoms with van der Waals surface area (Å²) >= 11 is 0. The van der Waals surface area contributed by atoms with Gasteiger partial charge in [-0.2, -0.15) is 18.3 Å². The molecule has 3 aliphatic rings. The van der Waals surface area contributed by atoms with E-state index in [2.05, 4.69) is 10.1 Å². The van der Waals surface area contributed by atoms with Crippen LogP contribution in [0, 0.1) is 11.8 Å². The van der Waals surface area contributed by atoms with Crippen molar-refractivity contribution in [2.75, 3.05) is 18.9 Å². The van der Waals surface area contributed by atoms with Gasteiger partial charge in [0.1, 0.15) is 11.9 Å². The normalized spacial score (nSPS) is 28.6. The lowest BCUT2D eigenvalue weighted by molar-refractivity contribution is -0.154. The highest BCUT2D eigenvalue weighted by atomic mass is 19.4. The fraction of sp³-hybridized carbons (Fsp3) is 0.619. The lowest BCUT2D eigenvalue weighted by Crippen LogP contribution is -2.38. The van der Waals surface area contributed by atoms with Crippen LogP contribution >= 0.6 is 0 Å². The molecule has 3 fully saturated rings. The van der Waals surface area contributed by atoms with Crippen LogP contribution in [0.15, 0.2) is 18.3 Å². The molecule has 2 saturated carbocycles. The minimum atomic E-state index is -4.55. The van der Waals surface area contributed by atoms with Crippen molar-refractivity contribution in [3.05, 3.63) is 29.6 Å². The molecule has 2 N–H and O–H groups in total. The third-order valence-corrected chi connectivity index (χ3v) is 6.51. The zero-order valence-electron chi connectivity index (χ0n) is 16.9. The van der Waals surface area contributed by atoms with Crippen molar-refractivity contribution in [2.24, 2.45) is 11.8 Å². The van der Waals surface area contributed by atoms with Crippen LogP contribution in [0.5, 0.6) is 0 Å². The Morgan fingerprint density at radius 3 is 2.43 bits per heavy atom. The van der Waals surface area contributed by atoms with Gasteiger partial charge >= 0.3 is 6.18 Å². The first-order valence-electron chi connectivity index (χ1n) is 10.4. The van der Waals surface area contributed by atoms with E-state index in [9.17, 15) is 13.2 Å². The molecular formula is C21H25F3N4O2. The average molecular weight is 422 g/mol. The third-order valence-electron chi connectivity index (χ3n) is 6.51. The second kappa shape index (κ2) is 6.95. The summed E-state index contributed by atoms with van der Waals surface area (Å²) in [5.41, 5.74) is 6.43. The molecule has 0 aromatic carbocycles. The average Bonchev–Trinajstić information content (AvgIpc) is 3.00. The second-order valence-corrected chi connectivity index (χ2v) is 8.89. The molecule has 4 atom stereocenters. The van der Waals surface area contributed by atoms with E-state index in [0.29, 0.717) is 42.2 Å². The first kappa shape index (κ1) is 19.8. The standard InChI is InChI=1S/C21H25F3N4O2/c1-10(2)28-18(19-14-4-12(5-15(14)19)30-13-8-29-9-13)6-17(27-28)11-3-16(21(22,23)24)20(25)26-7-11/h3,6-7,10,12-15,19H,4-5,8-9H2,1-2H3,(H2,25,26)/t12-,14+,15-,19-. The highest BCUT2D eigenvalue weighted by Gasteiger charge is 2.58. The molecule has 3 heterocycles. The Morgan fingerprint density at radius 1 is 1.17 bits per heavy atom. The number of aromatic nitrogens is 3. The SMILES string of the molecule is CC(C)n1nc(-c2cnc(N)c(C(F)(F)F)c2)cc1[C@H]1[C@@H]2C[C@H](OC3COC3)C[C@@H]21. The zero-order valence-corrected chi connectivity index (χ0v) is 16.9. The minimum Gasteiger partial charge on any atom is -0.383 e. The summed E-state index contributed by atoms with van der Waals surface area (Å²) in [6, 6.07) is 3.07. The monoisotopic (exact) mass is 422 g/mol. The number of halogens is 3. The van der Waals surface area contributed by atoms with Crippen LogP contribution in [0.1, 0.15) is 49.9 Å². The number of pyridine rings is 1. The highest BCUT2D eigenvalue weighted by molar-refractivity contribution is 5.63. The Bertz CT molecular complexity index is 942. The van der Waals surface area contributed by atoms with Crippen molar-refractivity contribution in [3.63, 3.8) is 0 Å². The lowest BCUT2D eigenvalue weighted by atomic mass is 10.0. The summed E-state index contributed by atoms with van der Waals surface area (Å²) < 4.78 is 52.9. The third kappa shape index (κ3) is 3.37. The molecule has 0 bridgehead atoms. The van der Waals surface area contributed by atoms with Gasteiger partial charge in [-0.05, 0) is 50.7 Å². The largest absolute Gasteiger partial charge is 0.419 e. The summed E-state index contributed by atoms with van der Waals surface area (Å²) in [5.74, 6) is 0.964. The number of hydrogen-bond acceptors (Lipinski definition) is 5. The Morgan fingerprint density at radius 2 is 1.87 bits per heavy atom. The van der Waals surface area contributed by atoms with E-state index < -0.39 is 17.6 Å². The molecule has 30 heavy (non-hydrogen) atoms. The summed E-state index contributed by atoms with van der Waals surface area (Å²) in [5, 5.41) is 4.63. The first-order chi connectivity index (χ1) is 14.2. The van der Waals surface area contributed by atoms with Gasteiger partial charge in [-0.25, -0.2) is 4.98 Å². The smallest absolute Gasteiger partial charge is 0.383 e. The molecule has 0 unspecified atom stereocenters. The molecule has 2 aliphatic carbocycles. The topological polar surface area (TPSA) is 75.2 Å². The number of ether oxygens (including phenoxy) is 2. The van der Waals surface area contributed by atoms with Crippen LogP contribution in [0.4, 0.5) is 19.0 Å². The number of nitrogen functional groups attached to an aromatic ring is 1. The van der Waals surface area contributed by atoms with Crippen molar-refractivity contribution in [1.82, 2.24) is 14.8 Å². The molecule has 162 valence electrons. The van der Waals surface area contributed by atoms with Gasteiger partial charge in [0.05, 0.1) is 30.6 Å². The number of nitrogens with two attached hydrogens (primary N) is 1. The summed E-state index contributed by atoms with van der Waals surface area (Å²) in [6.45, 7) is 5.44. The van der Waals surface area contributed by atoms with Gasteiger partial charge in [-0.3, -0.25) is 4.68 Å². The fourth-order valence-corrected chi connectivity index (χ4v) is 4.96. The number of hydrogen-bond donors (Lipinski definition) is 1. The molecule has 0 radical (unpaired) electrons. The van der Waals surface area contributed by atoms with Crippen molar-refractivity contribution < 1.29 is 22.6 Å². The molecule has 2 aromatic heterocycles. The maximum absolute atomic E-state index is 13.2. The lowest BCUT2D eigenvalue weighted by Gasteiger charge is -2.30. The van der Waals surface area contributed by atoms with E-state index in [-0.39, 0.29) is 18.2 Å². The van der Waals surface area contributed by atoms with Gasteiger partial charge in [-0.1, -0.05) is 0 Å². The molecule has 1 aliphatic heterocycles. The summed E-state index contributed by atoms with van der Waals surface area (Å²) in [4.78, 5) is 3.76. The Kier molecular flexibility index (Phi) is 4.59. The van der Waals surface area contributed by atoms with Crippen LogP contribution in [0.2, 0.25) is 0 Å². The predicted octanol–water partition coefficient (Wildman–Crippen LogP) is 4.03. The number of nitrogens with zero attached hydrogens (tertiary/aromatic N) is 3. The quantitative estimate of drug-likeness (QED) is 0.787. The van der Waals surface area contributed by atoms with Gasteiger partial charge in [-0.15, -0.1) is 0 Å². The van der Waals surface area contributed by atoms with Crippen molar-refractivity contribution in [3.8, 4) is 11.3 Å². The van der Waals surface area contributed by atoms with E-state index >= 15 is 0 Å². The first-order valence-corrected chi connectivity index (χ1v) is 10.4. The van der Waals surface area contributed by atoms with Crippen molar-refractivity contribution in [1.29, 1.82) is 0 Å². The van der Waals surface area contributed by atoms with Crippen molar-refractivity contribution in [2.45, 2.75) is 57.0 Å². The fourth-order valence-electron chi connectivity index (χ4n) is 4.96. The molecule has 0 spiro atoms. The minimum absolute atomic E-state index is 0.109. The van der Waals surface area contributed by atoms with Gasteiger partial charge in [0.25, 0.3) is 0 Å². The highest BCUT2D eigenvalue weighted by Crippen LogP contribution is 2.64. The van der Waals surface area contributed by atoms with Crippen LogP contribution in [-0.2, 0) is 15.7 Å². The van der Waals surface area contributed by atoms with Crippen LogP contribution in [0.25, 0.3) is 11.3 Å². The molecule has 5 rings (SSSR count). The molecule has 0 amide bonds. The Labute approximate surface area is 172 Å².